The van der Waals surface area contributed by atoms with Gasteiger partial charge in [0.1, 0.15) is 5.76 Å². The third-order valence-electron chi connectivity index (χ3n) is 3.62. The van der Waals surface area contributed by atoms with Crippen LogP contribution >= 0.6 is 0 Å². The lowest BCUT2D eigenvalue weighted by Gasteiger charge is -2.24. The zero-order valence-corrected chi connectivity index (χ0v) is 11.6. The summed E-state index contributed by atoms with van der Waals surface area (Å²) >= 11 is 0. The van der Waals surface area contributed by atoms with E-state index in [1.807, 2.05) is 6.92 Å². The molecule has 1 fully saturated rings. The average molecular weight is 252 g/mol. The van der Waals surface area contributed by atoms with Crippen LogP contribution in [0.4, 0.5) is 0 Å². The lowest BCUT2D eigenvalue weighted by atomic mass is 10.0. The SMILES string of the molecule is CCNC1COCC1CN(C)Cc1ccoc1C. The Bertz CT molecular complexity index is 364. The monoisotopic (exact) mass is 252 g/mol. The molecule has 0 saturated carbocycles. The first-order valence-electron chi connectivity index (χ1n) is 6.73. The normalized spacial score (nSPS) is 24.0. The van der Waals surface area contributed by atoms with Crippen molar-refractivity contribution < 1.29 is 9.15 Å². The van der Waals surface area contributed by atoms with E-state index in [-0.39, 0.29) is 0 Å². The summed E-state index contributed by atoms with van der Waals surface area (Å²) in [5.41, 5.74) is 1.27. The van der Waals surface area contributed by atoms with Gasteiger partial charge in [0.15, 0.2) is 0 Å². The summed E-state index contributed by atoms with van der Waals surface area (Å²) < 4.78 is 10.9. The van der Waals surface area contributed by atoms with E-state index in [0.29, 0.717) is 12.0 Å². The summed E-state index contributed by atoms with van der Waals surface area (Å²) in [6.07, 6.45) is 1.76. The van der Waals surface area contributed by atoms with Crippen LogP contribution in [0.3, 0.4) is 0 Å². The maximum Gasteiger partial charge on any atom is 0.105 e. The fourth-order valence-electron chi connectivity index (χ4n) is 2.60. The number of ether oxygens (including phenoxy) is 1. The first-order chi connectivity index (χ1) is 8.70. The van der Waals surface area contributed by atoms with Crippen LogP contribution < -0.4 is 5.32 Å². The molecular formula is C14H24N2O2. The highest BCUT2D eigenvalue weighted by Crippen LogP contribution is 2.17. The second kappa shape index (κ2) is 6.36. The van der Waals surface area contributed by atoms with E-state index in [1.165, 1.54) is 5.56 Å². The van der Waals surface area contributed by atoms with Crippen molar-refractivity contribution in [2.45, 2.75) is 26.4 Å². The molecule has 1 saturated heterocycles. The number of rotatable bonds is 6. The highest BCUT2D eigenvalue weighted by atomic mass is 16.5. The Morgan fingerprint density at radius 1 is 1.44 bits per heavy atom. The number of nitrogens with one attached hydrogen (secondary N) is 1. The Morgan fingerprint density at radius 3 is 2.94 bits per heavy atom. The Hall–Kier alpha value is -0.840. The Balaban J connectivity index is 1.83. The molecule has 0 spiro atoms. The topological polar surface area (TPSA) is 37.6 Å². The van der Waals surface area contributed by atoms with Gasteiger partial charge in [-0.1, -0.05) is 6.92 Å². The van der Waals surface area contributed by atoms with Crippen LogP contribution in [0.15, 0.2) is 16.7 Å². The molecule has 1 N–H and O–H groups in total. The molecule has 0 aliphatic carbocycles. The van der Waals surface area contributed by atoms with E-state index in [2.05, 4.69) is 30.3 Å². The summed E-state index contributed by atoms with van der Waals surface area (Å²) in [4.78, 5) is 2.35. The van der Waals surface area contributed by atoms with Crippen molar-refractivity contribution in [1.82, 2.24) is 10.2 Å². The minimum Gasteiger partial charge on any atom is -0.469 e. The largest absolute Gasteiger partial charge is 0.469 e. The molecule has 0 bridgehead atoms. The van der Waals surface area contributed by atoms with Crippen LogP contribution in [-0.2, 0) is 11.3 Å². The van der Waals surface area contributed by atoms with E-state index in [4.69, 9.17) is 9.15 Å². The molecule has 0 aromatic carbocycles. The van der Waals surface area contributed by atoms with E-state index in [1.54, 1.807) is 6.26 Å². The van der Waals surface area contributed by atoms with Crippen LogP contribution in [0, 0.1) is 12.8 Å². The molecule has 0 radical (unpaired) electrons. The van der Waals surface area contributed by atoms with Crippen molar-refractivity contribution in [2.24, 2.45) is 5.92 Å². The Morgan fingerprint density at radius 2 is 2.28 bits per heavy atom. The smallest absolute Gasteiger partial charge is 0.105 e. The maximum absolute atomic E-state index is 5.57. The van der Waals surface area contributed by atoms with Gasteiger partial charge in [0.05, 0.1) is 19.5 Å². The zero-order chi connectivity index (χ0) is 13.0. The summed E-state index contributed by atoms with van der Waals surface area (Å²) in [6, 6.07) is 2.56. The van der Waals surface area contributed by atoms with Crippen molar-refractivity contribution >= 4 is 0 Å². The number of hydrogen-bond acceptors (Lipinski definition) is 4. The summed E-state index contributed by atoms with van der Waals surface area (Å²) in [5.74, 6) is 1.61. The molecular weight excluding hydrogens is 228 g/mol. The minimum absolute atomic E-state index is 0.503. The molecule has 18 heavy (non-hydrogen) atoms. The number of furan rings is 1. The molecule has 1 aromatic rings. The van der Waals surface area contributed by atoms with Gasteiger partial charge in [-0.3, -0.25) is 0 Å². The van der Waals surface area contributed by atoms with Gasteiger partial charge in [-0.05, 0) is 26.6 Å². The second-order valence-electron chi connectivity index (χ2n) is 5.16. The summed E-state index contributed by atoms with van der Waals surface area (Å²) in [5, 5.41) is 3.50. The van der Waals surface area contributed by atoms with E-state index >= 15 is 0 Å². The fraction of sp³-hybridized carbons (Fsp3) is 0.714. The molecule has 4 heteroatoms. The van der Waals surface area contributed by atoms with Gasteiger partial charge in [0.2, 0.25) is 0 Å². The third kappa shape index (κ3) is 3.34. The number of hydrogen-bond donors (Lipinski definition) is 1. The summed E-state index contributed by atoms with van der Waals surface area (Å²) in [6.45, 7) is 8.88. The van der Waals surface area contributed by atoms with Gasteiger partial charge >= 0.3 is 0 Å². The van der Waals surface area contributed by atoms with Gasteiger partial charge in [-0.25, -0.2) is 0 Å². The van der Waals surface area contributed by atoms with Crippen LogP contribution in [0.1, 0.15) is 18.2 Å². The summed E-state index contributed by atoms with van der Waals surface area (Å²) in [7, 11) is 2.16. The van der Waals surface area contributed by atoms with Gasteiger partial charge < -0.3 is 19.4 Å². The van der Waals surface area contributed by atoms with Crippen molar-refractivity contribution in [1.29, 1.82) is 0 Å². The van der Waals surface area contributed by atoms with E-state index in [9.17, 15) is 0 Å². The van der Waals surface area contributed by atoms with Gasteiger partial charge in [-0.15, -0.1) is 0 Å². The van der Waals surface area contributed by atoms with Crippen molar-refractivity contribution in [3.63, 3.8) is 0 Å². The molecule has 1 aromatic heterocycles. The standard InChI is InChI=1S/C14H24N2O2/c1-4-15-14-10-17-9-13(14)8-16(3)7-12-5-6-18-11(12)2/h5-6,13-15H,4,7-10H2,1-3H3. The van der Waals surface area contributed by atoms with Crippen LogP contribution in [-0.4, -0.2) is 44.3 Å². The third-order valence-corrected chi connectivity index (χ3v) is 3.62. The number of nitrogens with zero attached hydrogens (tertiary/aromatic N) is 1. The van der Waals surface area contributed by atoms with E-state index in [0.717, 1.165) is 38.6 Å². The molecule has 4 nitrogen and oxygen atoms in total. The second-order valence-corrected chi connectivity index (χ2v) is 5.16. The molecule has 0 amide bonds. The molecule has 2 heterocycles. The molecule has 102 valence electrons. The maximum atomic E-state index is 5.57. The number of likely N-dealkylation sites (N-methyl/N-ethyl adjacent to an activating group) is 1. The lowest BCUT2D eigenvalue weighted by Crippen LogP contribution is -2.40. The highest BCUT2D eigenvalue weighted by Gasteiger charge is 2.28. The molecule has 1 aliphatic heterocycles. The van der Waals surface area contributed by atoms with Crippen LogP contribution in [0.5, 0.6) is 0 Å². The Labute approximate surface area is 109 Å². The number of aryl methyl sites for hydroxylation is 1. The van der Waals surface area contributed by atoms with Crippen molar-refractivity contribution in [2.75, 3.05) is 33.4 Å². The lowest BCUT2D eigenvalue weighted by molar-refractivity contribution is 0.172. The van der Waals surface area contributed by atoms with Gasteiger partial charge in [0.25, 0.3) is 0 Å². The van der Waals surface area contributed by atoms with Gasteiger partial charge in [0, 0.05) is 30.6 Å². The zero-order valence-electron chi connectivity index (χ0n) is 11.6. The molecule has 2 unspecified atom stereocenters. The first kappa shape index (κ1) is 13.6. The first-order valence-corrected chi connectivity index (χ1v) is 6.73. The van der Waals surface area contributed by atoms with E-state index < -0.39 is 0 Å². The van der Waals surface area contributed by atoms with Crippen molar-refractivity contribution in [3.8, 4) is 0 Å². The van der Waals surface area contributed by atoms with Crippen molar-refractivity contribution in [3.05, 3.63) is 23.7 Å². The van der Waals surface area contributed by atoms with Crippen LogP contribution in [0.25, 0.3) is 0 Å². The average Bonchev–Trinajstić information content (AvgIpc) is 2.91. The minimum atomic E-state index is 0.503. The van der Waals surface area contributed by atoms with Crippen LogP contribution in [0.2, 0.25) is 0 Å². The Kier molecular flexibility index (Phi) is 4.80. The van der Waals surface area contributed by atoms with Gasteiger partial charge in [-0.2, -0.15) is 0 Å². The highest BCUT2D eigenvalue weighted by molar-refractivity contribution is 5.15. The molecule has 1 aliphatic rings. The predicted octanol–water partition coefficient (Wildman–Crippen LogP) is 1.64. The fourth-order valence-corrected chi connectivity index (χ4v) is 2.60. The molecule has 2 atom stereocenters. The quantitative estimate of drug-likeness (QED) is 0.835. The predicted molar refractivity (Wildman–Crippen MR) is 71.6 cm³/mol. The molecule has 2 rings (SSSR count).